The van der Waals surface area contributed by atoms with Crippen LogP contribution in [0.4, 0.5) is 20.3 Å². The van der Waals surface area contributed by atoms with Crippen molar-refractivity contribution >= 4 is 40.3 Å². The van der Waals surface area contributed by atoms with Crippen LogP contribution < -0.4 is 21.7 Å². The Morgan fingerprint density at radius 2 is 1.79 bits per heavy atom. The van der Waals surface area contributed by atoms with E-state index in [1.165, 1.54) is 29.9 Å². The standard InChI is InChI=1S/C44H53F2N9O8/c1-53(16-18-61-20-19-60-17-2-3-27-8-11-34-36(21-27)63-44(59)55(34)35-12-13-38(56)51-42(35)58)24-29-6-9-31(10-7-29)54-25-32(39(52-54)40(45)46)49-41(57)33-26-62-43(50-33)30-14-15-47-37(22-30)48-23-28-4-5-28/h8,11,14-15,21-22,25-26,28-29,31,35,40H,2-7,9-10,12-13,16-20,23-24H2,1H3,(H,47,48)(H,49,57)(H,51,56,58)/t29-,31-,35?. The second-order valence-electron chi connectivity index (χ2n) is 16.7. The number of hydrogen-bond donors (Lipinski definition) is 3. The van der Waals surface area contributed by atoms with Gasteiger partial charge < -0.3 is 33.8 Å². The van der Waals surface area contributed by atoms with Crippen molar-refractivity contribution in [3.63, 3.8) is 0 Å². The molecule has 336 valence electrons. The first-order valence-corrected chi connectivity index (χ1v) is 21.7. The van der Waals surface area contributed by atoms with Crippen molar-refractivity contribution in [2.75, 3.05) is 63.7 Å². The molecule has 63 heavy (non-hydrogen) atoms. The molecular weight excluding hydrogens is 821 g/mol. The minimum Gasteiger partial charge on any atom is -0.444 e. The number of halogens is 2. The van der Waals surface area contributed by atoms with Crippen LogP contribution in [0.1, 0.15) is 98.0 Å². The summed E-state index contributed by atoms with van der Waals surface area (Å²) in [7, 11) is 2.06. The smallest absolute Gasteiger partial charge is 0.420 e. The highest BCUT2D eigenvalue weighted by atomic mass is 19.3. The Kier molecular flexibility index (Phi) is 14.0. The van der Waals surface area contributed by atoms with Crippen molar-refractivity contribution < 1.29 is 41.5 Å². The van der Waals surface area contributed by atoms with E-state index < -0.39 is 35.7 Å². The molecule has 3 fully saturated rings. The third kappa shape index (κ3) is 11.2. The predicted molar refractivity (Wildman–Crippen MR) is 226 cm³/mol. The molecule has 3 amide bonds. The molecular formula is C44H53F2N9O8. The average Bonchev–Trinajstić information content (AvgIpc) is 3.63. The highest BCUT2D eigenvalue weighted by Crippen LogP contribution is 2.35. The predicted octanol–water partition coefficient (Wildman–Crippen LogP) is 6.16. The highest BCUT2D eigenvalue weighted by Gasteiger charge is 2.32. The number of likely N-dealkylation sites (N-methyl/N-ethyl adjacent to an activating group) is 1. The van der Waals surface area contributed by atoms with Crippen LogP contribution in [-0.2, 0) is 25.5 Å². The van der Waals surface area contributed by atoms with Gasteiger partial charge in [0.05, 0.1) is 37.1 Å². The van der Waals surface area contributed by atoms with Gasteiger partial charge in [0.1, 0.15) is 18.1 Å². The van der Waals surface area contributed by atoms with Gasteiger partial charge >= 0.3 is 5.76 Å². The number of carbonyl (C=O) groups excluding carboxylic acids is 3. The lowest BCUT2D eigenvalue weighted by atomic mass is 9.86. The molecule has 0 spiro atoms. The van der Waals surface area contributed by atoms with Gasteiger partial charge in [-0.15, -0.1) is 0 Å². The van der Waals surface area contributed by atoms with Crippen molar-refractivity contribution in [1.82, 2.24) is 34.5 Å². The van der Waals surface area contributed by atoms with Crippen LogP contribution in [0.3, 0.4) is 0 Å². The Bertz CT molecular complexity index is 2430. The van der Waals surface area contributed by atoms with Gasteiger partial charge in [-0.25, -0.2) is 23.5 Å². The summed E-state index contributed by atoms with van der Waals surface area (Å²) in [6.45, 7) is 4.54. The van der Waals surface area contributed by atoms with Gasteiger partial charge in [-0.3, -0.25) is 28.9 Å². The van der Waals surface area contributed by atoms with Crippen LogP contribution in [-0.4, -0.2) is 100 Å². The van der Waals surface area contributed by atoms with Crippen LogP contribution in [0.15, 0.2) is 62.6 Å². The van der Waals surface area contributed by atoms with Crippen LogP contribution in [0, 0.1) is 11.8 Å². The number of rotatable bonds is 21. The van der Waals surface area contributed by atoms with E-state index >= 15 is 0 Å². The number of nitrogens with one attached hydrogen (secondary N) is 3. The lowest BCUT2D eigenvalue weighted by Crippen LogP contribution is -2.43. The number of oxazole rings is 2. The van der Waals surface area contributed by atoms with Gasteiger partial charge in [-0.1, -0.05) is 6.07 Å². The first kappa shape index (κ1) is 43.8. The maximum atomic E-state index is 14.1. The Morgan fingerprint density at radius 3 is 2.57 bits per heavy atom. The van der Waals surface area contributed by atoms with E-state index in [9.17, 15) is 28.0 Å². The molecule has 1 saturated heterocycles. The summed E-state index contributed by atoms with van der Waals surface area (Å²) in [6, 6.07) is 8.17. The summed E-state index contributed by atoms with van der Waals surface area (Å²) in [5.41, 5.74) is 1.98. The molecule has 0 bridgehead atoms. The monoisotopic (exact) mass is 873 g/mol. The zero-order valence-corrected chi connectivity index (χ0v) is 35.2. The Labute approximate surface area is 361 Å². The van der Waals surface area contributed by atoms with Crippen molar-refractivity contribution in [2.24, 2.45) is 11.8 Å². The lowest BCUT2D eigenvalue weighted by molar-refractivity contribution is -0.135. The number of alkyl halides is 2. The number of amides is 3. The highest BCUT2D eigenvalue weighted by molar-refractivity contribution is 6.03. The van der Waals surface area contributed by atoms with Gasteiger partial charge in [0.25, 0.3) is 12.3 Å². The van der Waals surface area contributed by atoms with Crippen LogP contribution in [0.2, 0.25) is 0 Å². The maximum Gasteiger partial charge on any atom is 0.420 e. The number of pyridine rings is 1. The molecule has 1 aliphatic heterocycles. The van der Waals surface area contributed by atoms with E-state index in [1.807, 2.05) is 6.07 Å². The largest absolute Gasteiger partial charge is 0.444 e. The quantitative estimate of drug-likeness (QED) is 0.0560. The Balaban J connectivity index is 0.705. The number of hydrogen-bond acceptors (Lipinski definition) is 13. The van der Waals surface area contributed by atoms with E-state index in [2.05, 4.69) is 43.0 Å². The van der Waals surface area contributed by atoms with Gasteiger partial charge in [-0.05, 0) is 106 Å². The zero-order valence-electron chi connectivity index (χ0n) is 35.2. The average molecular weight is 874 g/mol. The molecule has 2 aliphatic carbocycles. The molecule has 1 aromatic carbocycles. The van der Waals surface area contributed by atoms with Gasteiger partial charge in [0.2, 0.25) is 17.7 Å². The number of piperidine rings is 1. The molecule has 4 aromatic heterocycles. The Morgan fingerprint density at radius 1 is 1.00 bits per heavy atom. The number of aryl methyl sites for hydroxylation is 1. The summed E-state index contributed by atoms with van der Waals surface area (Å²) in [6.07, 6.45) is 9.18. The summed E-state index contributed by atoms with van der Waals surface area (Å²) < 4.78 is 53.7. The molecule has 17 nitrogen and oxygen atoms in total. The van der Waals surface area contributed by atoms with Crippen LogP contribution in [0.5, 0.6) is 0 Å². The molecule has 0 radical (unpaired) electrons. The molecule has 1 unspecified atom stereocenters. The van der Waals surface area contributed by atoms with Gasteiger partial charge in [0.15, 0.2) is 17.0 Å². The molecule has 3 aliphatic rings. The normalized spacial score (nSPS) is 19.3. The molecule has 1 atom stereocenters. The van der Waals surface area contributed by atoms with Gasteiger partial charge in [-0.2, -0.15) is 5.10 Å². The van der Waals surface area contributed by atoms with Gasteiger partial charge in [0, 0.05) is 50.6 Å². The SMILES string of the molecule is CN(CCOCCOCCCc1ccc2c(c1)oc(=O)n2C1CCC(=O)NC1=O)C[C@H]1CC[C@H](n2cc(NC(=O)c3coc(-c4ccnc(NCC5CC5)c4)n3)c(C(F)F)n2)CC1. The fourth-order valence-corrected chi connectivity index (χ4v) is 8.28. The number of nitrogens with zero attached hydrogens (tertiary/aromatic N) is 6. The first-order chi connectivity index (χ1) is 30.6. The van der Waals surface area contributed by atoms with Crippen molar-refractivity contribution in [3.8, 4) is 11.5 Å². The fraction of sp³-hybridized carbons (Fsp3) is 0.523. The second kappa shape index (κ2) is 20.2. The Hall–Kier alpha value is -5.79. The van der Waals surface area contributed by atoms with Crippen LogP contribution in [0.25, 0.3) is 22.6 Å². The number of carbonyl (C=O) groups is 3. The lowest BCUT2D eigenvalue weighted by Gasteiger charge is -2.31. The minimum atomic E-state index is -2.87. The molecule has 5 heterocycles. The first-order valence-electron chi connectivity index (χ1n) is 21.7. The van der Waals surface area contributed by atoms with E-state index in [0.29, 0.717) is 67.2 Å². The van der Waals surface area contributed by atoms with E-state index in [0.717, 1.165) is 57.3 Å². The summed E-state index contributed by atoms with van der Waals surface area (Å²) in [5, 5.41) is 12.4. The van der Waals surface area contributed by atoms with Crippen molar-refractivity contribution in [1.29, 1.82) is 0 Å². The van der Waals surface area contributed by atoms with Crippen LogP contribution >= 0.6 is 0 Å². The third-order valence-corrected chi connectivity index (χ3v) is 11.9. The molecule has 19 heteroatoms. The number of benzene rings is 1. The summed E-state index contributed by atoms with van der Waals surface area (Å²) >= 11 is 0. The van der Waals surface area contributed by atoms with E-state index in [-0.39, 0.29) is 42.1 Å². The number of ether oxygens (including phenoxy) is 2. The number of fused-ring (bicyclic) bond motifs is 1. The maximum absolute atomic E-state index is 14.1. The third-order valence-electron chi connectivity index (χ3n) is 11.9. The topological polar surface area (TPSA) is 201 Å². The molecule has 3 N–H and O–H groups in total. The second-order valence-corrected chi connectivity index (χ2v) is 16.7. The summed E-state index contributed by atoms with van der Waals surface area (Å²) in [4.78, 5) is 60.4. The number of aromatic nitrogens is 5. The molecule has 8 rings (SSSR count). The fourth-order valence-electron chi connectivity index (χ4n) is 8.28. The zero-order chi connectivity index (χ0) is 43.9. The number of anilines is 2. The minimum absolute atomic E-state index is 0.0354. The molecule has 5 aromatic rings. The van der Waals surface area contributed by atoms with Crippen molar-refractivity contribution in [2.45, 2.75) is 82.7 Å². The van der Waals surface area contributed by atoms with E-state index in [1.54, 1.807) is 35.1 Å². The van der Waals surface area contributed by atoms with E-state index in [4.69, 9.17) is 18.3 Å². The molecule has 2 saturated carbocycles. The van der Waals surface area contributed by atoms with Crippen molar-refractivity contribution in [3.05, 3.63) is 76.5 Å². The summed E-state index contributed by atoms with van der Waals surface area (Å²) in [5.74, 6) is -0.104. The number of imide groups is 1.